The standard InChI is InChI=1S/C12H17N3/c1-9(7-13)14-8-11-6-10-4-2-3-5-12(10)15-11/h2-6,9,14-15H,7-8,13H2,1H3/t9-/m0/s1. The van der Waals surface area contributed by atoms with Gasteiger partial charge in [0, 0.05) is 30.3 Å². The lowest BCUT2D eigenvalue weighted by atomic mass is 10.2. The van der Waals surface area contributed by atoms with Crippen LogP contribution in [0.5, 0.6) is 0 Å². The number of hydrogen-bond donors (Lipinski definition) is 3. The number of nitrogens with two attached hydrogens (primary N) is 1. The van der Waals surface area contributed by atoms with Crippen LogP contribution in [0.2, 0.25) is 0 Å². The summed E-state index contributed by atoms with van der Waals surface area (Å²) < 4.78 is 0. The molecule has 0 saturated heterocycles. The number of rotatable bonds is 4. The predicted molar refractivity (Wildman–Crippen MR) is 63.7 cm³/mol. The van der Waals surface area contributed by atoms with Crippen molar-refractivity contribution in [3.63, 3.8) is 0 Å². The minimum absolute atomic E-state index is 0.358. The quantitative estimate of drug-likeness (QED) is 0.707. The summed E-state index contributed by atoms with van der Waals surface area (Å²) >= 11 is 0. The van der Waals surface area contributed by atoms with Gasteiger partial charge in [-0.05, 0) is 24.4 Å². The van der Waals surface area contributed by atoms with Gasteiger partial charge in [-0.15, -0.1) is 0 Å². The summed E-state index contributed by atoms with van der Waals surface area (Å²) in [6.07, 6.45) is 0. The van der Waals surface area contributed by atoms with Crippen LogP contribution in [0.1, 0.15) is 12.6 Å². The average molecular weight is 203 g/mol. The lowest BCUT2D eigenvalue weighted by molar-refractivity contribution is 0.552. The molecular formula is C12H17N3. The van der Waals surface area contributed by atoms with E-state index < -0.39 is 0 Å². The van der Waals surface area contributed by atoms with Gasteiger partial charge in [0.25, 0.3) is 0 Å². The molecule has 0 bridgehead atoms. The molecule has 15 heavy (non-hydrogen) atoms. The second-order valence-corrected chi connectivity index (χ2v) is 3.90. The van der Waals surface area contributed by atoms with E-state index in [0.29, 0.717) is 12.6 Å². The van der Waals surface area contributed by atoms with Crippen molar-refractivity contribution >= 4 is 10.9 Å². The molecule has 2 rings (SSSR count). The normalized spacial score (nSPS) is 13.2. The molecule has 4 N–H and O–H groups in total. The highest BCUT2D eigenvalue weighted by Gasteiger charge is 2.01. The number of aromatic nitrogens is 1. The van der Waals surface area contributed by atoms with Gasteiger partial charge in [0.05, 0.1) is 0 Å². The summed E-state index contributed by atoms with van der Waals surface area (Å²) in [4.78, 5) is 3.37. The third kappa shape index (κ3) is 2.37. The van der Waals surface area contributed by atoms with Crippen molar-refractivity contribution in [2.45, 2.75) is 19.5 Å². The van der Waals surface area contributed by atoms with E-state index in [0.717, 1.165) is 6.54 Å². The van der Waals surface area contributed by atoms with E-state index in [9.17, 15) is 0 Å². The van der Waals surface area contributed by atoms with Gasteiger partial charge in [-0.25, -0.2) is 0 Å². The summed E-state index contributed by atoms with van der Waals surface area (Å²) in [5.41, 5.74) is 7.93. The highest BCUT2D eigenvalue weighted by molar-refractivity contribution is 5.80. The van der Waals surface area contributed by atoms with E-state index in [-0.39, 0.29) is 0 Å². The van der Waals surface area contributed by atoms with Crippen LogP contribution in [0.15, 0.2) is 30.3 Å². The van der Waals surface area contributed by atoms with Crippen molar-refractivity contribution in [1.82, 2.24) is 10.3 Å². The number of nitrogens with one attached hydrogen (secondary N) is 2. The maximum Gasteiger partial charge on any atom is 0.0456 e. The molecule has 80 valence electrons. The minimum atomic E-state index is 0.358. The van der Waals surface area contributed by atoms with Crippen LogP contribution in [0.3, 0.4) is 0 Å². The zero-order valence-electron chi connectivity index (χ0n) is 8.96. The van der Waals surface area contributed by atoms with Crippen LogP contribution in [0, 0.1) is 0 Å². The highest BCUT2D eigenvalue weighted by atomic mass is 14.9. The molecule has 0 radical (unpaired) electrons. The predicted octanol–water partition coefficient (Wildman–Crippen LogP) is 1.60. The first-order valence-electron chi connectivity index (χ1n) is 5.29. The number of aromatic amines is 1. The molecule has 0 unspecified atom stereocenters. The van der Waals surface area contributed by atoms with Crippen molar-refractivity contribution < 1.29 is 0 Å². The Morgan fingerprint density at radius 3 is 2.93 bits per heavy atom. The number of H-pyrrole nitrogens is 1. The molecule has 0 aliphatic heterocycles. The summed E-state index contributed by atoms with van der Waals surface area (Å²) in [5.74, 6) is 0. The molecule has 0 saturated carbocycles. The fourth-order valence-corrected chi connectivity index (χ4v) is 1.60. The molecule has 0 aliphatic carbocycles. The lowest BCUT2D eigenvalue weighted by Crippen LogP contribution is -2.32. The molecule has 2 aromatic rings. The molecule has 1 atom stereocenters. The fourth-order valence-electron chi connectivity index (χ4n) is 1.60. The zero-order chi connectivity index (χ0) is 10.7. The monoisotopic (exact) mass is 203 g/mol. The Morgan fingerprint density at radius 1 is 1.40 bits per heavy atom. The van der Waals surface area contributed by atoms with E-state index in [2.05, 4.69) is 41.5 Å². The van der Waals surface area contributed by atoms with Gasteiger partial charge in [-0.3, -0.25) is 0 Å². The molecule has 1 aromatic carbocycles. The number of hydrogen-bond acceptors (Lipinski definition) is 2. The third-order valence-electron chi connectivity index (χ3n) is 2.58. The molecule has 0 spiro atoms. The minimum Gasteiger partial charge on any atom is -0.357 e. The van der Waals surface area contributed by atoms with Gasteiger partial charge in [0.2, 0.25) is 0 Å². The van der Waals surface area contributed by atoms with Gasteiger partial charge in [0.1, 0.15) is 0 Å². The van der Waals surface area contributed by atoms with E-state index in [4.69, 9.17) is 5.73 Å². The molecule has 0 aliphatic rings. The van der Waals surface area contributed by atoms with Crippen LogP contribution in [0.25, 0.3) is 10.9 Å². The number of para-hydroxylation sites is 1. The smallest absolute Gasteiger partial charge is 0.0456 e. The molecule has 3 nitrogen and oxygen atoms in total. The Kier molecular flexibility index (Phi) is 3.04. The Bertz CT molecular complexity index is 400. The van der Waals surface area contributed by atoms with Crippen molar-refractivity contribution in [3.05, 3.63) is 36.0 Å². The largest absolute Gasteiger partial charge is 0.357 e. The van der Waals surface area contributed by atoms with Crippen LogP contribution in [0.4, 0.5) is 0 Å². The highest BCUT2D eigenvalue weighted by Crippen LogP contribution is 2.14. The third-order valence-corrected chi connectivity index (χ3v) is 2.58. The molecule has 0 fully saturated rings. The second kappa shape index (κ2) is 4.47. The average Bonchev–Trinajstić information content (AvgIpc) is 2.68. The van der Waals surface area contributed by atoms with E-state index in [1.807, 2.05) is 6.07 Å². The van der Waals surface area contributed by atoms with Crippen LogP contribution >= 0.6 is 0 Å². The van der Waals surface area contributed by atoms with Gasteiger partial charge in [0.15, 0.2) is 0 Å². The maximum atomic E-state index is 5.54. The summed E-state index contributed by atoms with van der Waals surface area (Å²) in [6.45, 7) is 3.59. The first-order chi connectivity index (χ1) is 7.29. The van der Waals surface area contributed by atoms with Crippen LogP contribution in [-0.2, 0) is 6.54 Å². The van der Waals surface area contributed by atoms with Crippen LogP contribution < -0.4 is 11.1 Å². The van der Waals surface area contributed by atoms with Crippen molar-refractivity contribution in [1.29, 1.82) is 0 Å². The number of benzene rings is 1. The second-order valence-electron chi connectivity index (χ2n) is 3.90. The van der Waals surface area contributed by atoms with E-state index in [1.54, 1.807) is 0 Å². The fraction of sp³-hybridized carbons (Fsp3) is 0.333. The van der Waals surface area contributed by atoms with E-state index >= 15 is 0 Å². The zero-order valence-corrected chi connectivity index (χ0v) is 8.96. The van der Waals surface area contributed by atoms with Crippen molar-refractivity contribution in [3.8, 4) is 0 Å². The van der Waals surface area contributed by atoms with Gasteiger partial charge in [-0.2, -0.15) is 0 Å². The summed E-state index contributed by atoms with van der Waals surface area (Å²) in [7, 11) is 0. The first-order valence-corrected chi connectivity index (χ1v) is 5.29. The number of fused-ring (bicyclic) bond motifs is 1. The molecule has 1 heterocycles. The summed E-state index contributed by atoms with van der Waals surface area (Å²) in [5, 5.41) is 4.61. The topological polar surface area (TPSA) is 53.8 Å². The molecular weight excluding hydrogens is 186 g/mol. The maximum absolute atomic E-state index is 5.54. The molecule has 1 aromatic heterocycles. The van der Waals surface area contributed by atoms with Gasteiger partial charge >= 0.3 is 0 Å². The van der Waals surface area contributed by atoms with Crippen molar-refractivity contribution in [2.75, 3.05) is 6.54 Å². The van der Waals surface area contributed by atoms with Crippen molar-refractivity contribution in [2.24, 2.45) is 5.73 Å². The Balaban J connectivity index is 2.09. The SMILES string of the molecule is C[C@@H](CN)NCc1cc2ccccc2[nH]1. The Labute approximate surface area is 89.7 Å². The van der Waals surface area contributed by atoms with Crippen LogP contribution in [-0.4, -0.2) is 17.6 Å². The molecule has 0 amide bonds. The van der Waals surface area contributed by atoms with Gasteiger partial charge < -0.3 is 16.0 Å². The van der Waals surface area contributed by atoms with E-state index in [1.165, 1.54) is 16.6 Å². The lowest BCUT2D eigenvalue weighted by Gasteiger charge is -2.09. The summed E-state index contributed by atoms with van der Waals surface area (Å²) in [6, 6.07) is 10.8. The van der Waals surface area contributed by atoms with Gasteiger partial charge in [-0.1, -0.05) is 18.2 Å². The molecule has 3 heteroatoms. The first kappa shape index (κ1) is 10.2. The Hall–Kier alpha value is -1.32. The Morgan fingerprint density at radius 2 is 2.20 bits per heavy atom.